The molecule has 1 aliphatic carbocycles. The summed E-state index contributed by atoms with van der Waals surface area (Å²) in [5.74, 6) is -26.0. The summed E-state index contributed by atoms with van der Waals surface area (Å²) in [5.41, 5.74) is -6.00. The zero-order chi connectivity index (χ0) is 18.8. The normalized spacial score (nSPS) is 27.0. The lowest BCUT2D eigenvalue weighted by molar-refractivity contribution is -0.303. The van der Waals surface area contributed by atoms with Gasteiger partial charge in [0.25, 0.3) is 5.67 Å². The molecule has 0 aliphatic heterocycles. The van der Waals surface area contributed by atoms with Gasteiger partial charge >= 0.3 is 23.7 Å². The van der Waals surface area contributed by atoms with Gasteiger partial charge in [-0.3, -0.25) is 0 Å². The van der Waals surface area contributed by atoms with Crippen molar-refractivity contribution >= 4 is 22.6 Å². The minimum Gasteiger partial charge on any atom is -0.388 e. The highest BCUT2D eigenvalue weighted by Crippen LogP contribution is 2.70. The van der Waals surface area contributed by atoms with Crippen LogP contribution in [0.25, 0.3) is 0 Å². The van der Waals surface area contributed by atoms with E-state index in [4.69, 9.17) is 0 Å². The van der Waals surface area contributed by atoms with Crippen LogP contribution in [-0.2, 0) is 0 Å². The van der Waals surface area contributed by atoms with E-state index in [9.17, 15) is 44.6 Å². The summed E-state index contributed by atoms with van der Waals surface area (Å²) < 4.78 is 121. The molecule has 1 fully saturated rings. The van der Waals surface area contributed by atoms with Crippen LogP contribution >= 0.6 is 22.6 Å². The van der Waals surface area contributed by atoms with Gasteiger partial charge in [0.2, 0.25) is 0 Å². The van der Waals surface area contributed by atoms with E-state index in [2.05, 4.69) is 0 Å². The van der Waals surface area contributed by atoms with Crippen LogP contribution in [0.3, 0.4) is 0 Å². The largest absolute Gasteiger partial charge is 0.388 e. The fourth-order valence-electron chi connectivity index (χ4n) is 2.44. The van der Waals surface area contributed by atoms with Crippen LogP contribution in [-0.4, -0.2) is 34.5 Å². The van der Waals surface area contributed by atoms with Crippen LogP contribution in [0.5, 0.6) is 0 Å². The minimum absolute atomic E-state index is 0.357. The second-order valence-electron chi connectivity index (χ2n) is 5.37. The fraction of sp³-hybridized carbons (Fsp3) is 0.538. The lowest BCUT2D eigenvalue weighted by atomic mass is 9.88. The Morgan fingerprint density at radius 1 is 0.833 bits per heavy atom. The van der Waals surface area contributed by atoms with Gasteiger partial charge in [-0.1, -0.05) is 12.1 Å². The minimum atomic E-state index is -6.62. The van der Waals surface area contributed by atoms with Crippen molar-refractivity contribution in [2.45, 2.75) is 41.9 Å². The van der Waals surface area contributed by atoms with E-state index < -0.39 is 41.9 Å². The van der Waals surface area contributed by atoms with Crippen molar-refractivity contribution in [1.29, 1.82) is 0 Å². The number of aliphatic hydroxyl groups is 1. The molecule has 1 nitrogen and oxygen atoms in total. The van der Waals surface area contributed by atoms with Crippen LogP contribution in [0, 0.1) is 3.57 Å². The van der Waals surface area contributed by atoms with Gasteiger partial charge in [0.15, 0.2) is 0 Å². The Morgan fingerprint density at radius 2 is 1.29 bits per heavy atom. The molecule has 24 heavy (non-hydrogen) atoms. The molecule has 1 aromatic carbocycles. The van der Waals surface area contributed by atoms with Gasteiger partial charge in [0.05, 0.1) is 6.10 Å². The molecule has 2 rings (SSSR count). The Labute approximate surface area is 143 Å². The molecule has 1 atom stereocenters. The molecule has 0 bridgehead atoms. The molecule has 1 saturated carbocycles. The van der Waals surface area contributed by atoms with Crippen LogP contribution < -0.4 is 0 Å². The highest BCUT2D eigenvalue weighted by atomic mass is 127. The predicted molar refractivity (Wildman–Crippen MR) is 72.4 cm³/mol. The van der Waals surface area contributed by atoms with Gasteiger partial charge in [-0.15, -0.1) is 0 Å². The van der Waals surface area contributed by atoms with Gasteiger partial charge in [-0.25, -0.2) is 4.39 Å². The highest BCUT2D eigenvalue weighted by Gasteiger charge is 3.00. The molecule has 11 heteroatoms. The summed E-state index contributed by atoms with van der Waals surface area (Å²) in [6, 6.07) is 4.80. The lowest BCUT2D eigenvalue weighted by Gasteiger charge is -2.32. The maximum atomic E-state index is 14.3. The van der Waals surface area contributed by atoms with Crippen molar-refractivity contribution in [2.75, 3.05) is 0 Å². The molecule has 0 saturated heterocycles. The Bertz CT molecular complexity index is 620. The smallest absolute Gasteiger partial charge is 0.381 e. The zero-order valence-electron chi connectivity index (χ0n) is 11.3. The number of aliphatic hydroxyl groups excluding tert-OH is 1. The fourth-order valence-corrected chi connectivity index (χ4v) is 3.01. The van der Waals surface area contributed by atoms with E-state index in [1.807, 2.05) is 0 Å². The van der Waals surface area contributed by atoms with Crippen molar-refractivity contribution in [3.63, 3.8) is 0 Å². The first kappa shape index (κ1) is 19.6. The summed E-state index contributed by atoms with van der Waals surface area (Å²) >= 11 is 1.69. The van der Waals surface area contributed by atoms with Gasteiger partial charge in [0, 0.05) is 9.99 Å². The SMILES string of the molecule is OC(CC1(F)C(F)(F)C(F)(F)C(F)(F)C1(F)F)c1cccc(I)c1. The van der Waals surface area contributed by atoms with Crippen LogP contribution in [0.4, 0.5) is 39.5 Å². The molecule has 0 aromatic heterocycles. The molecule has 0 amide bonds. The van der Waals surface area contributed by atoms with E-state index in [-0.39, 0.29) is 5.56 Å². The molecule has 1 unspecified atom stereocenters. The zero-order valence-corrected chi connectivity index (χ0v) is 13.5. The second kappa shape index (κ2) is 5.39. The Hall–Kier alpha value is -0.720. The van der Waals surface area contributed by atoms with Gasteiger partial charge in [0.1, 0.15) is 0 Å². The third kappa shape index (κ3) is 2.19. The average molecular weight is 478 g/mol. The highest BCUT2D eigenvalue weighted by molar-refractivity contribution is 14.1. The maximum Gasteiger partial charge on any atom is 0.381 e. The van der Waals surface area contributed by atoms with E-state index >= 15 is 0 Å². The molecule has 0 heterocycles. The van der Waals surface area contributed by atoms with Gasteiger partial charge < -0.3 is 5.11 Å². The van der Waals surface area contributed by atoms with E-state index in [0.29, 0.717) is 3.57 Å². The monoisotopic (exact) mass is 478 g/mol. The Kier molecular flexibility index (Phi) is 4.40. The van der Waals surface area contributed by atoms with Crippen LogP contribution in [0.15, 0.2) is 24.3 Å². The summed E-state index contributed by atoms with van der Waals surface area (Å²) in [6.07, 6.45) is -4.76. The lowest BCUT2D eigenvalue weighted by Crippen LogP contribution is -2.55. The first-order valence-corrected chi connectivity index (χ1v) is 7.35. The summed E-state index contributed by atoms with van der Waals surface area (Å²) in [5, 5.41) is 9.68. The third-order valence-corrected chi connectivity index (χ3v) is 4.56. The number of hydrogen-bond acceptors (Lipinski definition) is 1. The number of alkyl halides is 9. The molecule has 136 valence electrons. The van der Waals surface area contributed by atoms with Crippen molar-refractivity contribution in [2.24, 2.45) is 0 Å². The summed E-state index contributed by atoms with van der Waals surface area (Å²) in [4.78, 5) is 0. The van der Waals surface area contributed by atoms with Crippen molar-refractivity contribution in [3.05, 3.63) is 33.4 Å². The number of halogens is 10. The second-order valence-corrected chi connectivity index (χ2v) is 6.62. The number of benzene rings is 1. The van der Waals surface area contributed by atoms with Crippen molar-refractivity contribution < 1.29 is 44.6 Å². The molecule has 1 aromatic rings. The van der Waals surface area contributed by atoms with Crippen molar-refractivity contribution in [3.8, 4) is 0 Å². The molecular formula is C13H8F9IO. The summed E-state index contributed by atoms with van der Waals surface area (Å²) in [6.45, 7) is 0. The molecular weight excluding hydrogens is 470 g/mol. The number of rotatable bonds is 3. The molecule has 1 aliphatic rings. The molecule has 0 radical (unpaired) electrons. The first-order chi connectivity index (χ1) is 10.6. The van der Waals surface area contributed by atoms with Crippen LogP contribution in [0.1, 0.15) is 18.1 Å². The predicted octanol–water partition coefficient (Wildman–Crippen LogP) is 4.98. The van der Waals surface area contributed by atoms with Crippen molar-refractivity contribution in [1.82, 2.24) is 0 Å². The Balaban J connectivity index is 2.51. The standard InChI is InChI=1S/C13H8F9IO/c14-9(5-8(24)6-2-1-3-7(23)4-6)10(15,16)12(19,20)13(21,22)11(9,17)18/h1-4,8,24H,5H2. The quantitative estimate of drug-likeness (QED) is 0.481. The van der Waals surface area contributed by atoms with E-state index in [0.717, 1.165) is 12.1 Å². The first-order valence-electron chi connectivity index (χ1n) is 6.27. The van der Waals surface area contributed by atoms with E-state index in [1.54, 1.807) is 22.6 Å². The number of hydrogen-bond donors (Lipinski definition) is 1. The Morgan fingerprint density at radius 3 is 1.71 bits per heavy atom. The topological polar surface area (TPSA) is 20.2 Å². The average Bonchev–Trinajstić information content (AvgIpc) is 2.49. The molecule has 0 spiro atoms. The molecule has 1 N–H and O–H groups in total. The maximum absolute atomic E-state index is 14.3. The van der Waals surface area contributed by atoms with E-state index in [1.165, 1.54) is 12.1 Å². The van der Waals surface area contributed by atoms with Crippen LogP contribution in [0.2, 0.25) is 0 Å². The summed E-state index contributed by atoms with van der Waals surface area (Å²) in [7, 11) is 0. The third-order valence-electron chi connectivity index (χ3n) is 3.89. The van der Waals surface area contributed by atoms with Gasteiger partial charge in [-0.05, 0) is 40.3 Å². The van der Waals surface area contributed by atoms with Gasteiger partial charge in [-0.2, -0.15) is 35.1 Å².